The summed E-state index contributed by atoms with van der Waals surface area (Å²) < 4.78 is 5.17. The summed E-state index contributed by atoms with van der Waals surface area (Å²) in [6.45, 7) is 1.60. The molecule has 112 valence electrons. The molecule has 0 aliphatic heterocycles. The highest BCUT2D eigenvalue weighted by Crippen LogP contribution is 2.25. The lowest BCUT2D eigenvalue weighted by Crippen LogP contribution is -2.12. The summed E-state index contributed by atoms with van der Waals surface area (Å²) in [4.78, 5) is 0. The Labute approximate surface area is 135 Å². The summed E-state index contributed by atoms with van der Waals surface area (Å²) in [6.07, 6.45) is 0. The minimum Gasteiger partial charge on any atom is -0.495 e. The van der Waals surface area contributed by atoms with E-state index in [4.69, 9.17) is 16.3 Å². The first kappa shape index (κ1) is 14.9. The van der Waals surface area contributed by atoms with Crippen LogP contribution in [0.15, 0.2) is 60.7 Å². The zero-order valence-electron chi connectivity index (χ0n) is 12.5. The molecule has 0 unspecified atom stereocenters. The third kappa shape index (κ3) is 3.24. The molecule has 0 saturated heterocycles. The molecule has 0 atom stereocenters. The lowest BCUT2D eigenvalue weighted by molar-refractivity contribution is 0.415. The van der Waals surface area contributed by atoms with Crippen LogP contribution < -0.4 is 10.1 Å². The summed E-state index contributed by atoms with van der Waals surface area (Å²) in [5, 5.41) is 6.69. The van der Waals surface area contributed by atoms with E-state index in [9.17, 15) is 0 Å². The first-order valence-electron chi connectivity index (χ1n) is 7.27. The van der Waals surface area contributed by atoms with E-state index in [1.807, 2.05) is 18.2 Å². The average molecular weight is 312 g/mol. The van der Waals surface area contributed by atoms with Crippen LogP contribution in [0.25, 0.3) is 10.8 Å². The molecule has 0 bridgehead atoms. The minimum atomic E-state index is 0.645. The van der Waals surface area contributed by atoms with E-state index in [2.05, 4.69) is 47.8 Å². The maximum absolute atomic E-state index is 6.15. The molecule has 0 amide bonds. The zero-order chi connectivity index (χ0) is 15.4. The molecule has 3 aromatic rings. The molecule has 0 saturated carbocycles. The molecule has 2 nitrogen and oxygen atoms in total. The summed E-state index contributed by atoms with van der Waals surface area (Å²) in [7, 11) is 1.62. The van der Waals surface area contributed by atoms with Gasteiger partial charge in [-0.2, -0.15) is 0 Å². The van der Waals surface area contributed by atoms with Crippen LogP contribution in [0, 0.1) is 0 Å². The van der Waals surface area contributed by atoms with Crippen molar-refractivity contribution in [1.82, 2.24) is 5.32 Å². The maximum Gasteiger partial charge on any atom is 0.137 e. The Kier molecular flexibility index (Phi) is 4.62. The predicted octanol–water partition coefficient (Wildman–Crippen LogP) is 4.79. The highest BCUT2D eigenvalue weighted by atomic mass is 35.5. The summed E-state index contributed by atoms with van der Waals surface area (Å²) in [5.41, 5.74) is 2.45. The third-order valence-electron chi connectivity index (χ3n) is 3.74. The standard InChI is InChI=1S/C19H18ClNO/c1-22-19-10-9-14(11-18(19)20)12-21-13-16-7-4-6-15-5-2-3-8-17(15)16/h2-11,21H,12-13H2,1H3. The Balaban J connectivity index is 1.69. The largest absolute Gasteiger partial charge is 0.495 e. The van der Waals surface area contributed by atoms with E-state index in [-0.39, 0.29) is 0 Å². The second kappa shape index (κ2) is 6.82. The lowest BCUT2D eigenvalue weighted by atomic mass is 10.0. The van der Waals surface area contributed by atoms with Crippen molar-refractivity contribution in [3.05, 3.63) is 76.8 Å². The van der Waals surface area contributed by atoms with Gasteiger partial charge in [-0.1, -0.05) is 60.1 Å². The fraction of sp³-hybridized carbons (Fsp3) is 0.158. The number of halogens is 1. The lowest BCUT2D eigenvalue weighted by Gasteiger charge is -2.10. The average Bonchev–Trinajstić information content (AvgIpc) is 2.55. The van der Waals surface area contributed by atoms with Crippen LogP contribution in [0.1, 0.15) is 11.1 Å². The number of hydrogen-bond acceptors (Lipinski definition) is 2. The van der Waals surface area contributed by atoms with Crippen molar-refractivity contribution in [2.75, 3.05) is 7.11 Å². The normalized spacial score (nSPS) is 10.8. The van der Waals surface area contributed by atoms with Gasteiger partial charge < -0.3 is 10.1 Å². The van der Waals surface area contributed by atoms with Crippen LogP contribution in [0.3, 0.4) is 0 Å². The van der Waals surface area contributed by atoms with Crippen LogP contribution in [0.5, 0.6) is 5.75 Å². The van der Waals surface area contributed by atoms with Crippen molar-refractivity contribution in [2.45, 2.75) is 13.1 Å². The van der Waals surface area contributed by atoms with Crippen LogP contribution in [-0.2, 0) is 13.1 Å². The molecular formula is C19H18ClNO. The van der Waals surface area contributed by atoms with Crippen molar-refractivity contribution in [1.29, 1.82) is 0 Å². The molecule has 0 aliphatic rings. The van der Waals surface area contributed by atoms with E-state index in [0.29, 0.717) is 10.8 Å². The number of hydrogen-bond donors (Lipinski definition) is 1. The molecule has 3 rings (SSSR count). The molecule has 0 fully saturated rings. The Morgan fingerprint density at radius 2 is 1.77 bits per heavy atom. The second-order valence-electron chi connectivity index (χ2n) is 5.21. The smallest absolute Gasteiger partial charge is 0.137 e. The van der Waals surface area contributed by atoms with Crippen molar-refractivity contribution in [2.24, 2.45) is 0 Å². The molecule has 3 aromatic carbocycles. The van der Waals surface area contributed by atoms with Gasteiger partial charge in [-0.05, 0) is 34.0 Å². The van der Waals surface area contributed by atoms with Crippen LogP contribution in [0.2, 0.25) is 5.02 Å². The van der Waals surface area contributed by atoms with E-state index in [1.54, 1.807) is 7.11 Å². The number of fused-ring (bicyclic) bond motifs is 1. The van der Waals surface area contributed by atoms with E-state index in [1.165, 1.54) is 16.3 Å². The second-order valence-corrected chi connectivity index (χ2v) is 5.62. The van der Waals surface area contributed by atoms with E-state index in [0.717, 1.165) is 18.7 Å². The van der Waals surface area contributed by atoms with Crippen molar-refractivity contribution in [3.8, 4) is 5.75 Å². The number of ether oxygens (including phenoxy) is 1. The molecule has 3 heteroatoms. The Morgan fingerprint density at radius 1 is 0.955 bits per heavy atom. The van der Waals surface area contributed by atoms with Gasteiger partial charge in [0, 0.05) is 13.1 Å². The van der Waals surface area contributed by atoms with Gasteiger partial charge in [0.05, 0.1) is 12.1 Å². The van der Waals surface area contributed by atoms with Gasteiger partial charge in [0.1, 0.15) is 5.75 Å². The number of rotatable bonds is 5. The molecule has 0 aromatic heterocycles. The number of methoxy groups -OCH3 is 1. The number of benzene rings is 3. The fourth-order valence-electron chi connectivity index (χ4n) is 2.61. The van der Waals surface area contributed by atoms with Crippen LogP contribution in [0.4, 0.5) is 0 Å². The van der Waals surface area contributed by atoms with Crippen molar-refractivity contribution >= 4 is 22.4 Å². The quantitative estimate of drug-likeness (QED) is 0.731. The van der Waals surface area contributed by atoms with Crippen molar-refractivity contribution < 1.29 is 4.74 Å². The van der Waals surface area contributed by atoms with Gasteiger partial charge in [-0.3, -0.25) is 0 Å². The molecule has 1 N–H and O–H groups in total. The fourth-order valence-corrected chi connectivity index (χ4v) is 2.89. The SMILES string of the molecule is COc1ccc(CNCc2cccc3ccccc23)cc1Cl. The first-order chi connectivity index (χ1) is 10.8. The van der Waals surface area contributed by atoms with Crippen LogP contribution >= 0.6 is 11.6 Å². The Hall–Kier alpha value is -2.03. The van der Waals surface area contributed by atoms with Crippen molar-refractivity contribution in [3.63, 3.8) is 0 Å². The molecule has 0 spiro atoms. The Morgan fingerprint density at radius 3 is 2.59 bits per heavy atom. The van der Waals surface area contributed by atoms with E-state index >= 15 is 0 Å². The molecule has 0 aliphatic carbocycles. The topological polar surface area (TPSA) is 21.3 Å². The van der Waals surface area contributed by atoms with Gasteiger partial charge in [0.25, 0.3) is 0 Å². The highest BCUT2D eigenvalue weighted by Gasteiger charge is 2.03. The minimum absolute atomic E-state index is 0.645. The summed E-state index contributed by atoms with van der Waals surface area (Å²) in [5.74, 6) is 0.708. The first-order valence-corrected chi connectivity index (χ1v) is 7.65. The summed E-state index contributed by atoms with van der Waals surface area (Å²) in [6, 6.07) is 20.7. The van der Waals surface area contributed by atoms with Gasteiger partial charge in [-0.25, -0.2) is 0 Å². The predicted molar refractivity (Wildman–Crippen MR) is 92.5 cm³/mol. The zero-order valence-corrected chi connectivity index (χ0v) is 13.2. The van der Waals surface area contributed by atoms with Gasteiger partial charge >= 0.3 is 0 Å². The summed E-state index contributed by atoms with van der Waals surface area (Å²) >= 11 is 6.15. The van der Waals surface area contributed by atoms with Gasteiger partial charge in [0.2, 0.25) is 0 Å². The van der Waals surface area contributed by atoms with Gasteiger partial charge in [0.15, 0.2) is 0 Å². The molecular weight excluding hydrogens is 294 g/mol. The third-order valence-corrected chi connectivity index (χ3v) is 4.04. The number of nitrogens with one attached hydrogen (secondary N) is 1. The molecule has 0 radical (unpaired) electrons. The molecule has 0 heterocycles. The molecule has 22 heavy (non-hydrogen) atoms. The maximum atomic E-state index is 6.15. The van der Waals surface area contributed by atoms with Gasteiger partial charge in [-0.15, -0.1) is 0 Å². The van der Waals surface area contributed by atoms with E-state index < -0.39 is 0 Å². The highest BCUT2D eigenvalue weighted by molar-refractivity contribution is 6.32. The monoisotopic (exact) mass is 311 g/mol. The van der Waals surface area contributed by atoms with Crippen LogP contribution in [-0.4, -0.2) is 7.11 Å². The Bertz CT molecular complexity index is 780.